The Morgan fingerprint density at radius 3 is 2.39 bits per heavy atom. The second kappa shape index (κ2) is 9.24. The molecule has 0 fully saturated rings. The molecule has 2 rings (SSSR count). The smallest absolute Gasteiger partial charge is 0.193 e. The van der Waals surface area contributed by atoms with Crippen molar-refractivity contribution in [1.29, 1.82) is 0 Å². The molecule has 23 heavy (non-hydrogen) atoms. The standard InChI is InChI=1S/C17H21N3O2.HI/c1-12-4-5-13(10-16(12)22-3)11-19-17(18)20-14-6-8-15(21-2)9-7-14;/h4-10H,11H2,1-3H3,(H3,18,19,20);1H. The Kier molecular flexibility index (Phi) is 7.67. The Balaban J connectivity index is 0.00000264. The molecule has 0 aliphatic carbocycles. The molecular weight excluding hydrogens is 405 g/mol. The van der Waals surface area contributed by atoms with Gasteiger partial charge in [-0.1, -0.05) is 12.1 Å². The van der Waals surface area contributed by atoms with Gasteiger partial charge in [0.1, 0.15) is 11.5 Å². The molecule has 0 spiro atoms. The van der Waals surface area contributed by atoms with Crippen molar-refractivity contribution in [3.05, 3.63) is 53.6 Å². The zero-order valence-electron chi connectivity index (χ0n) is 13.5. The fraction of sp³-hybridized carbons (Fsp3) is 0.235. The second-order valence-electron chi connectivity index (χ2n) is 4.86. The minimum absolute atomic E-state index is 0. The molecule has 2 aromatic rings. The topological polar surface area (TPSA) is 68.9 Å². The number of nitrogens with two attached hydrogens (primary N) is 1. The number of methoxy groups -OCH3 is 2. The molecule has 0 radical (unpaired) electrons. The molecule has 0 aromatic heterocycles. The lowest BCUT2D eigenvalue weighted by Crippen LogP contribution is -2.22. The SMILES string of the molecule is COc1ccc(NC(N)=NCc2ccc(C)c(OC)c2)cc1.I. The zero-order chi connectivity index (χ0) is 15.9. The first-order valence-electron chi connectivity index (χ1n) is 6.97. The third kappa shape index (κ3) is 5.63. The van der Waals surface area contributed by atoms with E-state index in [1.165, 1.54) is 0 Å². The fourth-order valence-corrected chi connectivity index (χ4v) is 2.00. The van der Waals surface area contributed by atoms with Gasteiger partial charge >= 0.3 is 0 Å². The quantitative estimate of drug-likeness (QED) is 0.435. The average molecular weight is 427 g/mol. The summed E-state index contributed by atoms with van der Waals surface area (Å²) in [4.78, 5) is 4.33. The Labute approximate surface area is 153 Å². The lowest BCUT2D eigenvalue weighted by atomic mass is 10.1. The average Bonchev–Trinajstić information content (AvgIpc) is 2.55. The van der Waals surface area contributed by atoms with E-state index in [2.05, 4.69) is 10.3 Å². The number of benzene rings is 2. The highest BCUT2D eigenvalue weighted by Crippen LogP contribution is 2.19. The molecule has 6 heteroatoms. The summed E-state index contributed by atoms with van der Waals surface area (Å²) in [5.74, 6) is 2.02. The molecule has 0 aliphatic heterocycles. The van der Waals surface area contributed by atoms with E-state index in [9.17, 15) is 0 Å². The fourth-order valence-electron chi connectivity index (χ4n) is 2.00. The van der Waals surface area contributed by atoms with Gasteiger partial charge in [-0.3, -0.25) is 0 Å². The van der Waals surface area contributed by atoms with Gasteiger partial charge in [-0.2, -0.15) is 0 Å². The summed E-state index contributed by atoms with van der Waals surface area (Å²) >= 11 is 0. The van der Waals surface area contributed by atoms with E-state index < -0.39 is 0 Å². The van der Waals surface area contributed by atoms with E-state index >= 15 is 0 Å². The van der Waals surface area contributed by atoms with Crippen molar-refractivity contribution in [2.24, 2.45) is 10.7 Å². The van der Waals surface area contributed by atoms with E-state index in [0.717, 1.165) is 28.3 Å². The summed E-state index contributed by atoms with van der Waals surface area (Å²) in [7, 11) is 3.29. The number of hydrogen-bond donors (Lipinski definition) is 2. The molecule has 0 heterocycles. The van der Waals surface area contributed by atoms with Crippen LogP contribution in [0, 0.1) is 6.92 Å². The first kappa shape index (κ1) is 19.1. The van der Waals surface area contributed by atoms with Crippen molar-refractivity contribution >= 4 is 35.6 Å². The number of ether oxygens (including phenoxy) is 2. The van der Waals surface area contributed by atoms with E-state index in [4.69, 9.17) is 15.2 Å². The van der Waals surface area contributed by atoms with E-state index in [-0.39, 0.29) is 24.0 Å². The Morgan fingerprint density at radius 2 is 1.78 bits per heavy atom. The van der Waals surface area contributed by atoms with Gasteiger partial charge in [-0.25, -0.2) is 4.99 Å². The molecule has 0 aliphatic rings. The monoisotopic (exact) mass is 427 g/mol. The third-order valence-corrected chi connectivity index (χ3v) is 3.27. The van der Waals surface area contributed by atoms with E-state index in [1.807, 2.05) is 49.4 Å². The minimum atomic E-state index is 0. The van der Waals surface area contributed by atoms with Gasteiger partial charge in [0.05, 0.1) is 20.8 Å². The maximum atomic E-state index is 5.90. The summed E-state index contributed by atoms with van der Waals surface area (Å²) in [5, 5.41) is 3.04. The number of nitrogens with zero attached hydrogens (tertiary/aromatic N) is 1. The first-order valence-corrected chi connectivity index (χ1v) is 6.97. The molecule has 0 saturated heterocycles. The van der Waals surface area contributed by atoms with Crippen LogP contribution < -0.4 is 20.5 Å². The molecule has 0 saturated carbocycles. The van der Waals surface area contributed by atoms with Crippen molar-refractivity contribution in [3.63, 3.8) is 0 Å². The van der Waals surface area contributed by atoms with Gasteiger partial charge in [-0.05, 0) is 48.4 Å². The van der Waals surface area contributed by atoms with Crippen molar-refractivity contribution in [1.82, 2.24) is 0 Å². The number of anilines is 1. The van der Waals surface area contributed by atoms with Crippen LogP contribution in [0.25, 0.3) is 0 Å². The Hall–Kier alpha value is -1.96. The number of guanidine groups is 1. The number of nitrogens with one attached hydrogen (secondary N) is 1. The third-order valence-electron chi connectivity index (χ3n) is 3.27. The molecule has 124 valence electrons. The number of hydrogen-bond acceptors (Lipinski definition) is 3. The molecule has 0 unspecified atom stereocenters. The van der Waals surface area contributed by atoms with Gasteiger partial charge in [0.2, 0.25) is 0 Å². The van der Waals surface area contributed by atoms with Crippen LogP contribution in [-0.2, 0) is 6.54 Å². The van der Waals surface area contributed by atoms with Crippen molar-refractivity contribution in [3.8, 4) is 11.5 Å². The molecule has 2 aromatic carbocycles. The molecule has 5 nitrogen and oxygen atoms in total. The highest BCUT2D eigenvalue weighted by molar-refractivity contribution is 14.0. The van der Waals surface area contributed by atoms with Crippen LogP contribution in [0.2, 0.25) is 0 Å². The van der Waals surface area contributed by atoms with Crippen LogP contribution in [0.15, 0.2) is 47.5 Å². The van der Waals surface area contributed by atoms with E-state index in [1.54, 1.807) is 14.2 Å². The largest absolute Gasteiger partial charge is 0.497 e. The second-order valence-corrected chi connectivity index (χ2v) is 4.86. The zero-order valence-corrected chi connectivity index (χ0v) is 15.8. The van der Waals surface area contributed by atoms with Crippen LogP contribution in [0.4, 0.5) is 5.69 Å². The number of halogens is 1. The number of aliphatic imine (C=N–C) groups is 1. The van der Waals surface area contributed by atoms with Gasteiger partial charge in [-0.15, -0.1) is 24.0 Å². The van der Waals surface area contributed by atoms with Crippen LogP contribution in [0.5, 0.6) is 11.5 Å². The van der Waals surface area contributed by atoms with Crippen LogP contribution >= 0.6 is 24.0 Å². The van der Waals surface area contributed by atoms with Crippen LogP contribution in [0.3, 0.4) is 0 Å². The molecule has 0 atom stereocenters. The Bertz CT molecular complexity index is 657. The lowest BCUT2D eigenvalue weighted by molar-refractivity contribution is 0.411. The maximum absolute atomic E-state index is 5.90. The highest BCUT2D eigenvalue weighted by Gasteiger charge is 2.01. The predicted molar refractivity (Wildman–Crippen MR) is 105 cm³/mol. The van der Waals surface area contributed by atoms with Gasteiger partial charge in [0, 0.05) is 5.69 Å². The Morgan fingerprint density at radius 1 is 1.09 bits per heavy atom. The summed E-state index contributed by atoms with van der Waals surface area (Å²) in [6, 6.07) is 13.5. The number of aryl methyl sites for hydroxylation is 1. The van der Waals surface area contributed by atoms with Crippen LogP contribution in [0.1, 0.15) is 11.1 Å². The van der Waals surface area contributed by atoms with Crippen molar-refractivity contribution in [2.45, 2.75) is 13.5 Å². The maximum Gasteiger partial charge on any atom is 0.193 e. The van der Waals surface area contributed by atoms with E-state index in [0.29, 0.717) is 12.5 Å². The van der Waals surface area contributed by atoms with Gasteiger partial charge in [0.25, 0.3) is 0 Å². The minimum Gasteiger partial charge on any atom is -0.497 e. The molecule has 3 N–H and O–H groups in total. The predicted octanol–water partition coefficient (Wildman–Crippen LogP) is 3.56. The summed E-state index contributed by atoms with van der Waals surface area (Å²) < 4.78 is 10.4. The van der Waals surface area contributed by atoms with Crippen molar-refractivity contribution in [2.75, 3.05) is 19.5 Å². The first-order chi connectivity index (χ1) is 10.6. The normalized spacial score (nSPS) is 10.7. The summed E-state index contributed by atoms with van der Waals surface area (Å²) in [5.41, 5.74) is 8.91. The molecule has 0 bridgehead atoms. The van der Waals surface area contributed by atoms with Crippen LogP contribution in [-0.4, -0.2) is 20.2 Å². The van der Waals surface area contributed by atoms with Crippen molar-refractivity contribution < 1.29 is 9.47 Å². The summed E-state index contributed by atoms with van der Waals surface area (Å²) in [6.07, 6.45) is 0. The number of rotatable bonds is 5. The highest BCUT2D eigenvalue weighted by atomic mass is 127. The summed E-state index contributed by atoms with van der Waals surface area (Å²) in [6.45, 7) is 2.50. The van der Waals surface area contributed by atoms with Gasteiger partial charge in [0.15, 0.2) is 5.96 Å². The molecule has 0 amide bonds. The lowest BCUT2D eigenvalue weighted by Gasteiger charge is -2.08. The molecular formula is C17H22IN3O2. The van der Waals surface area contributed by atoms with Gasteiger partial charge < -0.3 is 20.5 Å².